The van der Waals surface area contributed by atoms with Crippen LogP contribution in [0, 0.1) is 5.92 Å². The van der Waals surface area contributed by atoms with Gasteiger partial charge in [-0.3, -0.25) is 4.98 Å². The molecule has 1 heterocycles. The topological polar surface area (TPSA) is 53.4 Å². The maximum Gasteiger partial charge on any atom is 0.0842 e. The van der Waals surface area contributed by atoms with Crippen LogP contribution in [0.15, 0.2) is 24.5 Å². The fraction of sp³-hybridized carbons (Fsp3) is 0.545. The van der Waals surface area contributed by atoms with Crippen LogP contribution in [0.1, 0.15) is 18.4 Å². The molecule has 0 radical (unpaired) electrons. The Labute approximate surface area is 83.4 Å². The van der Waals surface area contributed by atoms with E-state index < -0.39 is 12.2 Å². The monoisotopic (exact) mass is 193 g/mol. The fourth-order valence-electron chi connectivity index (χ4n) is 1.63. The molecule has 0 aliphatic heterocycles. The van der Waals surface area contributed by atoms with Gasteiger partial charge in [0.2, 0.25) is 0 Å². The number of rotatable bonds is 4. The Bertz CT molecular complexity index is 285. The molecular formula is C11H15NO2. The van der Waals surface area contributed by atoms with E-state index in [1.54, 1.807) is 12.4 Å². The minimum absolute atomic E-state index is 0.326. The first kappa shape index (κ1) is 9.62. The van der Waals surface area contributed by atoms with E-state index >= 15 is 0 Å². The molecule has 1 aliphatic carbocycles. The van der Waals surface area contributed by atoms with Crippen LogP contribution in [-0.4, -0.2) is 27.4 Å². The third-order valence-corrected chi connectivity index (χ3v) is 2.69. The second-order valence-electron chi connectivity index (χ2n) is 3.95. The molecule has 0 amide bonds. The van der Waals surface area contributed by atoms with E-state index in [1.807, 2.05) is 12.1 Å². The molecule has 1 aromatic heterocycles. The van der Waals surface area contributed by atoms with Crippen molar-refractivity contribution >= 4 is 0 Å². The molecule has 2 N–H and O–H groups in total. The van der Waals surface area contributed by atoms with Crippen molar-refractivity contribution in [1.29, 1.82) is 0 Å². The summed E-state index contributed by atoms with van der Waals surface area (Å²) in [7, 11) is 0. The SMILES string of the molecule is OC(Cc1ccncc1)C(O)C1CC1. The fourth-order valence-corrected chi connectivity index (χ4v) is 1.63. The molecule has 3 heteroatoms. The Morgan fingerprint density at radius 1 is 1.29 bits per heavy atom. The van der Waals surface area contributed by atoms with Gasteiger partial charge in [0.1, 0.15) is 0 Å². The highest BCUT2D eigenvalue weighted by atomic mass is 16.3. The summed E-state index contributed by atoms with van der Waals surface area (Å²) in [5.74, 6) is 0.326. The standard InChI is InChI=1S/C11H15NO2/c13-10(11(14)9-1-2-9)7-8-3-5-12-6-4-8/h3-6,9-11,13-14H,1-2,7H2. The summed E-state index contributed by atoms with van der Waals surface area (Å²) in [6.45, 7) is 0. The van der Waals surface area contributed by atoms with Crippen LogP contribution in [0.2, 0.25) is 0 Å². The number of pyridine rings is 1. The highest BCUT2D eigenvalue weighted by molar-refractivity contribution is 5.11. The quantitative estimate of drug-likeness (QED) is 0.742. The molecule has 1 aromatic rings. The maximum atomic E-state index is 9.71. The molecule has 2 atom stereocenters. The normalized spacial score (nSPS) is 20.4. The van der Waals surface area contributed by atoms with Gasteiger partial charge in [0, 0.05) is 18.8 Å². The van der Waals surface area contributed by atoms with Crippen LogP contribution in [0.3, 0.4) is 0 Å². The molecule has 14 heavy (non-hydrogen) atoms. The highest BCUT2D eigenvalue weighted by Crippen LogP contribution is 2.34. The van der Waals surface area contributed by atoms with Crippen molar-refractivity contribution in [3.63, 3.8) is 0 Å². The molecule has 3 nitrogen and oxygen atoms in total. The van der Waals surface area contributed by atoms with Gasteiger partial charge < -0.3 is 10.2 Å². The minimum Gasteiger partial charge on any atom is -0.390 e. The Balaban J connectivity index is 1.90. The molecule has 0 bridgehead atoms. The number of aliphatic hydroxyl groups is 2. The van der Waals surface area contributed by atoms with Gasteiger partial charge in [-0.25, -0.2) is 0 Å². The predicted molar refractivity (Wildman–Crippen MR) is 52.7 cm³/mol. The van der Waals surface area contributed by atoms with Crippen molar-refractivity contribution in [3.8, 4) is 0 Å². The van der Waals surface area contributed by atoms with Crippen molar-refractivity contribution in [2.75, 3.05) is 0 Å². The van der Waals surface area contributed by atoms with Crippen molar-refractivity contribution in [2.24, 2.45) is 5.92 Å². The van der Waals surface area contributed by atoms with Crippen molar-refractivity contribution in [2.45, 2.75) is 31.5 Å². The molecule has 2 rings (SSSR count). The molecule has 76 valence electrons. The number of hydrogen-bond donors (Lipinski definition) is 2. The van der Waals surface area contributed by atoms with Gasteiger partial charge in [-0.15, -0.1) is 0 Å². The maximum absolute atomic E-state index is 9.71. The minimum atomic E-state index is -0.634. The van der Waals surface area contributed by atoms with E-state index in [2.05, 4.69) is 4.98 Å². The summed E-state index contributed by atoms with van der Waals surface area (Å²) >= 11 is 0. The summed E-state index contributed by atoms with van der Waals surface area (Å²) in [5, 5.41) is 19.4. The third kappa shape index (κ3) is 2.30. The van der Waals surface area contributed by atoms with Gasteiger partial charge in [-0.1, -0.05) is 0 Å². The largest absolute Gasteiger partial charge is 0.390 e. The van der Waals surface area contributed by atoms with Crippen LogP contribution in [0.4, 0.5) is 0 Å². The first-order chi connectivity index (χ1) is 6.77. The zero-order valence-corrected chi connectivity index (χ0v) is 8.00. The van der Waals surface area contributed by atoms with Gasteiger partial charge >= 0.3 is 0 Å². The lowest BCUT2D eigenvalue weighted by Gasteiger charge is -2.16. The molecule has 1 aliphatic rings. The highest BCUT2D eigenvalue weighted by Gasteiger charge is 2.34. The first-order valence-electron chi connectivity index (χ1n) is 5.02. The lowest BCUT2D eigenvalue weighted by molar-refractivity contribution is 0.00672. The molecule has 2 unspecified atom stereocenters. The summed E-state index contributed by atoms with van der Waals surface area (Å²) in [4.78, 5) is 3.90. The molecule has 1 saturated carbocycles. The van der Waals surface area contributed by atoms with Crippen molar-refractivity contribution in [1.82, 2.24) is 4.98 Å². The molecule has 1 fully saturated rings. The summed E-state index contributed by atoms with van der Waals surface area (Å²) in [5.41, 5.74) is 1.02. The summed E-state index contributed by atoms with van der Waals surface area (Å²) in [6.07, 6.45) is 4.83. The lowest BCUT2D eigenvalue weighted by atomic mass is 10.0. The van der Waals surface area contributed by atoms with Gasteiger partial charge in [-0.2, -0.15) is 0 Å². The predicted octanol–water partition coefficient (Wildman–Crippen LogP) is 0.756. The van der Waals surface area contributed by atoms with E-state index in [0.717, 1.165) is 18.4 Å². The zero-order valence-electron chi connectivity index (χ0n) is 8.00. The molecule has 0 saturated heterocycles. The van der Waals surface area contributed by atoms with Crippen LogP contribution in [0.5, 0.6) is 0 Å². The number of hydrogen-bond acceptors (Lipinski definition) is 3. The summed E-state index contributed by atoms with van der Waals surface area (Å²) < 4.78 is 0. The van der Waals surface area contributed by atoms with E-state index in [1.165, 1.54) is 0 Å². The summed E-state index contributed by atoms with van der Waals surface area (Å²) in [6, 6.07) is 3.73. The van der Waals surface area contributed by atoms with Gasteiger partial charge in [0.05, 0.1) is 12.2 Å². The van der Waals surface area contributed by atoms with Crippen LogP contribution in [-0.2, 0) is 6.42 Å². The van der Waals surface area contributed by atoms with Gasteiger partial charge in [0.25, 0.3) is 0 Å². The van der Waals surface area contributed by atoms with E-state index in [4.69, 9.17) is 0 Å². The van der Waals surface area contributed by atoms with E-state index in [9.17, 15) is 10.2 Å². The number of aromatic nitrogens is 1. The van der Waals surface area contributed by atoms with Crippen LogP contribution >= 0.6 is 0 Å². The number of nitrogens with zero attached hydrogens (tertiary/aromatic N) is 1. The van der Waals surface area contributed by atoms with E-state index in [-0.39, 0.29) is 0 Å². The lowest BCUT2D eigenvalue weighted by Crippen LogP contribution is -2.29. The molecular weight excluding hydrogens is 178 g/mol. The smallest absolute Gasteiger partial charge is 0.0842 e. The third-order valence-electron chi connectivity index (χ3n) is 2.69. The van der Waals surface area contributed by atoms with Crippen molar-refractivity contribution in [3.05, 3.63) is 30.1 Å². The zero-order chi connectivity index (χ0) is 9.97. The van der Waals surface area contributed by atoms with Crippen molar-refractivity contribution < 1.29 is 10.2 Å². The number of aliphatic hydroxyl groups excluding tert-OH is 2. The molecule has 0 spiro atoms. The Morgan fingerprint density at radius 2 is 1.93 bits per heavy atom. The van der Waals surface area contributed by atoms with E-state index in [0.29, 0.717) is 12.3 Å². The molecule has 0 aromatic carbocycles. The second kappa shape index (κ2) is 4.07. The second-order valence-corrected chi connectivity index (χ2v) is 3.95. The first-order valence-corrected chi connectivity index (χ1v) is 5.02. The average molecular weight is 193 g/mol. The Hall–Kier alpha value is -0.930. The van der Waals surface area contributed by atoms with Crippen LogP contribution in [0.25, 0.3) is 0 Å². The van der Waals surface area contributed by atoms with Gasteiger partial charge in [0.15, 0.2) is 0 Å². The Morgan fingerprint density at radius 3 is 2.50 bits per heavy atom. The Kier molecular flexibility index (Phi) is 2.79. The van der Waals surface area contributed by atoms with Gasteiger partial charge in [-0.05, 0) is 36.5 Å². The average Bonchev–Trinajstić information content (AvgIpc) is 3.01. The van der Waals surface area contributed by atoms with Crippen LogP contribution < -0.4 is 0 Å².